The molecule has 0 aromatic heterocycles. The molecule has 0 bridgehead atoms. The Morgan fingerprint density at radius 3 is 2.16 bits per heavy atom. The predicted octanol–water partition coefficient (Wildman–Crippen LogP) is -0.781. The lowest BCUT2D eigenvalue weighted by molar-refractivity contribution is -0.116. The van der Waals surface area contributed by atoms with Gasteiger partial charge in [0.15, 0.2) is 9.84 Å². The van der Waals surface area contributed by atoms with Gasteiger partial charge in [0.1, 0.15) is 0 Å². The Kier molecular flexibility index (Phi) is 4.42. The third-order valence-electron chi connectivity index (χ3n) is 4.01. The third kappa shape index (κ3) is 3.71. The topological polar surface area (TPSA) is 135 Å². The SMILES string of the molecule is O=C1CCS(=O)(=O)N1c1ccc(S(=O)(=O)NC2CCS(=O)(=O)C2)cc1. The van der Waals surface area contributed by atoms with Gasteiger partial charge in [0.05, 0.1) is 27.8 Å². The number of carbonyl (C=O) groups excluding carboxylic acids is 1. The van der Waals surface area contributed by atoms with Crippen molar-refractivity contribution >= 4 is 41.5 Å². The van der Waals surface area contributed by atoms with Gasteiger partial charge in [-0.15, -0.1) is 0 Å². The molecule has 12 heteroatoms. The average Bonchev–Trinajstić information content (AvgIpc) is 2.97. The van der Waals surface area contributed by atoms with E-state index in [4.69, 9.17) is 0 Å². The molecule has 138 valence electrons. The number of benzene rings is 1. The van der Waals surface area contributed by atoms with Crippen molar-refractivity contribution in [1.29, 1.82) is 0 Å². The van der Waals surface area contributed by atoms with Crippen LogP contribution in [-0.2, 0) is 34.7 Å². The molecule has 1 amide bonds. The lowest BCUT2D eigenvalue weighted by atomic mass is 10.3. The van der Waals surface area contributed by atoms with Crippen LogP contribution in [0.4, 0.5) is 5.69 Å². The van der Waals surface area contributed by atoms with Crippen LogP contribution in [0.25, 0.3) is 0 Å². The van der Waals surface area contributed by atoms with Crippen LogP contribution in [0.3, 0.4) is 0 Å². The molecule has 2 heterocycles. The Bertz CT molecular complexity index is 1010. The fourth-order valence-corrected chi connectivity index (χ4v) is 7.31. The molecule has 0 saturated carbocycles. The first kappa shape index (κ1) is 18.3. The molecule has 2 aliphatic heterocycles. The Hall–Kier alpha value is -1.50. The second-order valence-electron chi connectivity index (χ2n) is 5.94. The molecule has 2 saturated heterocycles. The lowest BCUT2D eigenvalue weighted by Crippen LogP contribution is -2.35. The van der Waals surface area contributed by atoms with Crippen LogP contribution in [0.15, 0.2) is 29.2 Å². The number of anilines is 1. The van der Waals surface area contributed by atoms with Crippen LogP contribution in [0.2, 0.25) is 0 Å². The summed E-state index contributed by atoms with van der Waals surface area (Å²) in [4.78, 5) is 11.6. The van der Waals surface area contributed by atoms with Gasteiger partial charge in [0.2, 0.25) is 26.0 Å². The average molecular weight is 408 g/mol. The molecular weight excluding hydrogens is 392 g/mol. The molecule has 1 atom stereocenters. The molecule has 2 aliphatic rings. The van der Waals surface area contributed by atoms with Gasteiger partial charge in [-0.05, 0) is 30.7 Å². The molecule has 2 fully saturated rings. The standard InChI is InChI=1S/C13H16N2O7S3/c16-13-6-8-24(19,20)15(13)11-1-3-12(4-2-11)25(21,22)14-10-5-7-23(17,18)9-10/h1-4,10,14H,5-9H2. The van der Waals surface area contributed by atoms with Crippen molar-refractivity contribution < 1.29 is 30.0 Å². The molecule has 9 nitrogen and oxygen atoms in total. The first-order chi connectivity index (χ1) is 11.5. The Balaban J connectivity index is 1.81. The molecule has 0 spiro atoms. The van der Waals surface area contributed by atoms with E-state index in [0.717, 1.165) is 0 Å². The van der Waals surface area contributed by atoms with Gasteiger partial charge in [-0.25, -0.2) is 34.3 Å². The van der Waals surface area contributed by atoms with E-state index >= 15 is 0 Å². The van der Waals surface area contributed by atoms with Crippen LogP contribution in [0.1, 0.15) is 12.8 Å². The Morgan fingerprint density at radius 1 is 1.04 bits per heavy atom. The van der Waals surface area contributed by atoms with Gasteiger partial charge in [0.25, 0.3) is 0 Å². The fraction of sp³-hybridized carbons (Fsp3) is 0.462. The minimum Gasteiger partial charge on any atom is -0.273 e. The van der Waals surface area contributed by atoms with E-state index in [1.807, 2.05) is 0 Å². The third-order valence-corrected chi connectivity index (χ3v) is 9.01. The number of hydrogen-bond donors (Lipinski definition) is 1. The number of amides is 1. The van der Waals surface area contributed by atoms with E-state index in [1.165, 1.54) is 24.3 Å². The molecule has 0 aliphatic carbocycles. The molecular formula is C13H16N2O7S3. The maximum Gasteiger partial charge on any atom is 0.242 e. The lowest BCUT2D eigenvalue weighted by Gasteiger charge is -2.16. The normalized spacial score (nSPS) is 25.4. The fourth-order valence-electron chi connectivity index (χ4n) is 2.80. The largest absolute Gasteiger partial charge is 0.273 e. The smallest absolute Gasteiger partial charge is 0.242 e. The van der Waals surface area contributed by atoms with Crippen molar-refractivity contribution in [2.75, 3.05) is 21.6 Å². The van der Waals surface area contributed by atoms with Gasteiger partial charge in [0, 0.05) is 12.5 Å². The van der Waals surface area contributed by atoms with Crippen molar-refractivity contribution in [3.63, 3.8) is 0 Å². The number of hydrogen-bond acceptors (Lipinski definition) is 7. The summed E-state index contributed by atoms with van der Waals surface area (Å²) in [6.07, 6.45) is 0.0975. The van der Waals surface area contributed by atoms with Crippen LogP contribution in [0.5, 0.6) is 0 Å². The van der Waals surface area contributed by atoms with Gasteiger partial charge in [-0.3, -0.25) is 4.79 Å². The summed E-state index contributed by atoms with van der Waals surface area (Å²) in [5.74, 6) is -1.15. The van der Waals surface area contributed by atoms with Crippen LogP contribution >= 0.6 is 0 Å². The zero-order chi connectivity index (χ0) is 18.5. The summed E-state index contributed by atoms with van der Waals surface area (Å²) >= 11 is 0. The van der Waals surface area contributed by atoms with Crippen LogP contribution < -0.4 is 9.03 Å². The molecule has 1 aromatic rings. The summed E-state index contributed by atoms with van der Waals surface area (Å²) in [7, 11) is -10.9. The number of rotatable bonds is 4. The molecule has 3 rings (SSSR count). The predicted molar refractivity (Wildman–Crippen MR) is 89.7 cm³/mol. The second-order valence-corrected chi connectivity index (χ2v) is 11.8. The minimum atomic E-state index is -3.94. The quantitative estimate of drug-likeness (QED) is 0.690. The minimum absolute atomic E-state index is 0.0615. The van der Waals surface area contributed by atoms with Crippen LogP contribution in [0, 0.1) is 0 Å². The van der Waals surface area contributed by atoms with Crippen molar-refractivity contribution in [2.45, 2.75) is 23.8 Å². The second kappa shape index (κ2) is 6.04. The maximum atomic E-state index is 12.3. The maximum absolute atomic E-state index is 12.3. The first-order valence-corrected chi connectivity index (χ1v) is 12.3. The van der Waals surface area contributed by atoms with E-state index < -0.39 is 41.8 Å². The highest BCUT2D eigenvalue weighted by atomic mass is 32.2. The van der Waals surface area contributed by atoms with E-state index in [2.05, 4.69) is 4.72 Å². The van der Waals surface area contributed by atoms with Gasteiger partial charge in [-0.1, -0.05) is 0 Å². The highest BCUT2D eigenvalue weighted by Gasteiger charge is 2.36. The van der Waals surface area contributed by atoms with Crippen molar-refractivity contribution in [3.05, 3.63) is 24.3 Å². The summed E-state index contributed by atoms with van der Waals surface area (Å²) in [6, 6.07) is 4.15. The van der Waals surface area contributed by atoms with Gasteiger partial charge in [-0.2, -0.15) is 0 Å². The summed E-state index contributed by atoms with van der Waals surface area (Å²) in [5.41, 5.74) is 0.0740. The van der Waals surface area contributed by atoms with Crippen molar-refractivity contribution in [3.8, 4) is 0 Å². The highest BCUT2D eigenvalue weighted by molar-refractivity contribution is 7.94. The monoisotopic (exact) mass is 408 g/mol. The van der Waals surface area contributed by atoms with Crippen LogP contribution in [-0.4, -0.2) is 54.5 Å². The summed E-state index contributed by atoms with van der Waals surface area (Å²) in [6.45, 7) is 0. The Morgan fingerprint density at radius 2 is 1.68 bits per heavy atom. The first-order valence-electron chi connectivity index (χ1n) is 7.39. The highest BCUT2D eigenvalue weighted by Crippen LogP contribution is 2.26. The van der Waals surface area contributed by atoms with Gasteiger partial charge < -0.3 is 0 Å². The number of carbonyl (C=O) groups is 1. The van der Waals surface area contributed by atoms with Crippen molar-refractivity contribution in [1.82, 2.24) is 4.72 Å². The zero-order valence-corrected chi connectivity index (χ0v) is 15.4. The van der Waals surface area contributed by atoms with Gasteiger partial charge >= 0.3 is 0 Å². The molecule has 1 unspecified atom stereocenters. The van der Waals surface area contributed by atoms with E-state index in [1.54, 1.807) is 0 Å². The number of nitrogens with zero attached hydrogens (tertiary/aromatic N) is 1. The van der Waals surface area contributed by atoms with E-state index in [-0.39, 0.29) is 40.7 Å². The van der Waals surface area contributed by atoms with E-state index in [9.17, 15) is 30.0 Å². The number of sulfonamides is 2. The number of sulfone groups is 1. The van der Waals surface area contributed by atoms with Crippen molar-refractivity contribution in [2.24, 2.45) is 0 Å². The molecule has 1 aromatic carbocycles. The summed E-state index contributed by atoms with van der Waals surface area (Å²) in [5, 5.41) is 0. The molecule has 0 radical (unpaired) electrons. The van der Waals surface area contributed by atoms with E-state index in [0.29, 0.717) is 4.31 Å². The Labute approximate surface area is 146 Å². The molecule has 1 N–H and O–H groups in total. The summed E-state index contributed by atoms with van der Waals surface area (Å²) < 4.78 is 74.2. The molecule has 25 heavy (non-hydrogen) atoms. The number of nitrogens with one attached hydrogen (secondary N) is 1. The zero-order valence-electron chi connectivity index (χ0n) is 13.0.